The molecule has 0 spiro atoms. The van der Waals surface area contributed by atoms with Crippen molar-refractivity contribution >= 4 is 17.0 Å². The van der Waals surface area contributed by atoms with Gasteiger partial charge in [-0.15, -0.1) is 0 Å². The average molecular weight is 328 g/mol. The minimum Gasteiger partial charge on any atom is -0.439 e. The summed E-state index contributed by atoms with van der Waals surface area (Å²) in [5.74, 6) is -0.390. The molecule has 0 saturated heterocycles. The molecule has 2 aromatic heterocycles. The van der Waals surface area contributed by atoms with Crippen LogP contribution in [0.3, 0.4) is 0 Å². The number of nitrogens with two attached hydrogens (primary N) is 1. The second-order valence-electron chi connectivity index (χ2n) is 5.06. The van der Waals surface area contributed by atoms with Crippen molar-refractivity contribution in [3.63, 3.8) is 0 Å². The van der Waals surface area contributed by atoms with E-state index in [1.165, 1.54) is 29.8 Å². The SMILES string of the molecule is C[C@H](OC(N)=O)c1nc2ccc(F)cc2c(=O)n1-c1cccnc1. The Morgan fingerprint density at radius 1 is 1.38 bits per heavy atom. The number of nitrogens with zero attached hydrogens (tertiary/aromatic N) is 3. The Morgan fingerprint density at radius 3 is 2.83 bits per heavy atom. The summed E-state index contributed by atoms with van der Waals surface area (Å²) in [7, 11) is 0. The van der Waals surface area contributed by atoms with E-state index in [0.29, 0.717) is 5.69 Å². The van der Waals surface area contributed by atoms with Gasteiger partial charge in [-0.1, -0.05) is 0 Å². The minimum absolute atomic E-state index is 0.105. The van der Waals surface area contributed by atoms with Gasteiger partial charge in [0.1, 0.15) is 5.82 Å². The van der Waals surface area contributed by atoms with Gasteiger partial charge in [0.15, 0.2) is 11.9 Å². The van der Waals surface area contributed by atoms with Crippen LogP contribution < -0.4 is 11.3 Å². The Hall–Kier alpha value is -3.29. The van der Waals surface area contributed by atoms with Crippen LogP contribution in [0.1, 0.15) is 18.9 Å². The number of primary amides is 1. The number of ether oxygens (including phenoxy) is 1. The van der Waals surface area contributed by atoms with Crippen LogP contribution >= 0.6 is 0 Å². The maximum atomic E-state index is 13.5. The summed E-state index contributed by atoms with van der Waals surface area (Å²) in [6.07, 6.45) is 1.12. The molecule has 1 aromatic carbocycles. The second-order valence-corrected chi connectivity index (χ2v) is 5.06. The second kappa shape index (κ2) is 6.07. The fourth-order valence-corrected chi connectivity index (χ4v) is 2.41. The molecule has 2 N–H and O–H groups in total. The molecule has 1 amide bonds. The lowest BCUT2D eigenvalue weighted by Crippen LogP contribution is -2.27. The van der Waals surface area contributed by atoms with Crippen LogP contribution in [0.25, 0.3) is 16.6 Å². The highest BCUT2D eigenvalue weighted by atomic mass is 19.1. The van der Waals surface area contributed by atoms with E-state index in [2.05, 4.69) is 9.97 Å². The van der Waals surface area contributed by atoms with Crippen molar-refractivity contribution in [2.75, 3.05) is 0 Å². The highest BCUT2D eigenvalue weighted by molar-refractivity contribution is 5.78. The number of hydrogen-bond donors (Lipinski definition) is 1. The molecule has 0 aliphatic carbocycles. The van der Waals surface area contributed by atoms with Crippen molar-refractivity contribution < 1.29 is 13.9 Å². The first-order valence-electron chi connectivity index (χ1n) is 7.06. The molecule has 3 aromatic rings. The number of amides is 1. The van der Waals surface area contributed by atoms with E-state index in [1.54, 1.807) is 18.3 Å². The minimum atomic E-state index is -0.992. The Morgan fingerprint density at radius 2 is 2.17 bits per heavy atom. The summed E-state index contributed by atoms with van der Waals surface area (Å²) in [4.78, 5) is 32.2. The molecule has 0 radical (unpaired) electrons. The average Bonchev–Trinajstić information content (AvgIpc) is 2.55. The largest absolute Gasteiger partial charge is 0.439 e. The fourth-order valence-electron chi connectivity index (χ4n) is 2.41. The fraction of sp³-hybridized carbons (Fsp3) is 0.125. The smallest absolute Gasteiger partial charge is 0.405 e. The van der Waals surface area contributed by atoms with Gasteiger partial charge in [0.05, 0.1) is 22.8 Å². The molecule has 0 saturated carbocycles. The van der Waals surface area contributed by atoms with E-state index in [1.807, 2.05) is 0 Å². The van der Waals surface area contributed by atoms with Crippen molar-refractivity contribution in [2.24, 2.45) is 5.73 Å². The number of hydrogen-bond acceptors (Lipinski definition) is 5. The zero-order valence-electron chi connectivity index (χ0n) is 12.6. The van der Waals surface area contributed by atoms with Gasteiger partial charge in [0.25, 0.3) is 5.56 Å². The summed E-state index contributed by atoms with van der Waals surface area (Å²) < 4.78 is 19.7. The molecule has 7 nitrogen and oxygen atoms in total. The lowest BCUT2D eigenvalue weighted by Gasteiger charge is -2.17. The van der Waals surface area contributed by atoms with Crippen LogP contribution in [-0.2, 0) is 4.74 Å². The Kier molecular flexibility index (Phi) is 3.95. The van der Waals surface area contributed by atoms with Crippen molar-refractivity contribution in [3.05, 3.63) is 64.7 Å². The van der Waals surface area contributed by atoms with Gasteiger partial charge in [-0.25, -0.2) is 14.2 Å². The van der Waals surface area contributed by atoms with Crippen molar-refractivity contribution in [3.8, 4) is 5.69 Å². The molecule has 0 aliphatic heterocycles. The van der Waals surface area contributed by atoms with Crippen LogP contribution in [0, 0.1) is 5.82 Å². The third-order valence-corrected chi connectivity index (χ3v) is 3.42. The molecule has 0 bridgehead atoms. The van der Waals surface area contributed by atoms with E-state index < -0.39 is 23.6 Å². The maximum absolute atomic E-state index is 13.5. The summed E-state index contributed by atoms with van der Waals surface area (Å²) in [6, 6.07) is 6.98. The van der Waals surface area contributed by atoms with E-state index >= 15 is 0 Å². The van der Waals surface area contributed by atoms with Crippen LogP contribution in [-0.4, -0.2) is 20.6 Å². The highest BCUT2D eigenvalue weighted by Crippen LogP contribution is 2.20. The Labute approximate surface area is 135 Å². The predicted octanol–water partition coefficient (Wildman–Crippen LogP) is 2.08. The standard InChI is InChI=1S/C16H13FN4O3/c1-9(24-16(18)23)14-20-13-5-4-10(17)7-12(13)15(22)21(14)11-3-2-6-19-8-11/h2-9H,1H3,(H2,18,23)/t9-/m0/s1. The van der Waals surface area contributed by atoms with Gasteiger partial charge in [-0.2, -0.15) is 0 Å². The van der Waals surface area contributed by atoms with Gasteiger partial charge < -0.3 is 10.5 Å². The van der Waals surface area contributed by atoms with Crippen LogP contribution in [0.2, 0.25) is 0 Å². The molecule has 8 heteroatoms. The summed E-state index contributed by atoms with van der Waals surface area (Å²) in [5.41, 5.74) is 5.26. The van der Waals surface area contributed by atoms with E-state index in [9.17, 15) is 14.0 Å². The summed E-state index contributed by atoms with van der Waals surface area (Å²) in [6.45, 7) is 1.54. The number of carbonyl (C=O) groups excluding carboxylic acids is 1. The van der Waals surface area contributed by atoms with Gasteiger partial charge in [0, 0.05) is 6.20 Å². The molecule has 0 unspecified atom stereocenters. The zero-order valence-corrected chi connectivity index (χ0v) is 12.6. The van der Waals surface area contributed by atoms with E-state index in [0.717, 1.165) is 6.07 Å². The molecule has 1 atom stereocenters. The van der Waals surface area contributed by atoms with E-state index in [4.69, 9.17) is 10.5 Å². The molecule has 122 valence electrons. The van der Waals surface area contributed by atoms with Crippen LogP contribution in [0.15, 0.2) is 47.5 Å². The molecule has 3 rings (SSSR count). The number of fused-ring (bicyclic) bond motifs is 1. The highest BCUT2D eigenvalue weighted by Gasteiger charge is 2.20. The monoisotopic (exact) mass is 328 g/mol. The van der Waals surface area contributed by atoms with Gasteiger partial charge in [0.2, 0.25) is 0 Å². The number of carbonyl (C=O) groups is 1. The quantitative estimate of drug-likeness (QED) is 0.793. The summed E-state index contributed by atoms with van der Waals surface area (Å²) >= 11 is 0. The van der Waals surface area contributed by atoms with Gasteiger partial charge in [-0.05, 0) is 37.3 Å². The van der Waals surface area contributed by atoms with Crippen molar-refractivity contribution in [1.82, 2.24) is 14.5 Å². The lowest BCUT2D eigenvalue weighted by molar-refractivity contribution is 0.110. The molecule has 0 fully saturated rings. The number of benzene rings is 1. The van der Waals surface area contributed by atoms with E-state index in [-0.39, 0.29) is 16.7 Å². The van der Waals surface area contributed by atoms with Gasteiger partial charge in [-0.3, -0.25) is 14.3 Å². The Balaban J connectivity index is 2.34. The Bertz CT molecular complexity index is 972. The number of halogens is 1. The third kappa shape index (κ3) is 2.81. The maximum Gasteiger partial charge on any atom is 0.405 e. The van der Waals surface area contributed by atoms with Crippen LogP contribution in [0.5, 0.6) is 0 Å². The predicted molar refractivity (Wildman–Crippen MR) is 84.2 cm³/mol. The molecule has 24 heavy (non-hydrogen) atoms. The lowest BCUT2D eigenvalue weighted by atomic mass is 10.2. The van der Waals surface area contributed by atoms with Crippen LogP contribution in [0.4, 0.5) is 9.18 Å². The first-order chi connectivity index (χ1) is 11.5. The zero-order chi connectivity index (χ0) is 17.3. The van der Waals surface area contributed by atoms with Crippen molar-refractivity contribution in [1.29, 1.82) is 0 Å². The third-order valence-electron chi connectivity index (χ3n) is 3.42. The first-order valence-corrected chi connectivity index (χ1v) is 7.06. The first kappa shape index (κ1) is 15.6. The number of pyridine rings is 1. The summed E-state index contributed by atoms with van der Waals surface area (Å²) in [5, 5.41) is 0.105. The molecular formula is C16H13FN4O3. The number of aromatic nitrogens is 3. The van der Waals surface area contributed by atoms with Gasteiger partial charge >= 0.3 is 6.09 Å². The molecular weight excluding hydrogens is 315 g/mol. The molecule has 2 heterocycles. The topological polar surface area (TPSA) is 100 Å². The van der Waals surface area contributed by atoms with Crippen molar-refractivity contribution in [2.45, 2.75) is 13.0 Å². The normalized spacial score (nSPS) is 12.1. The number of rotatable bonds is 3. The molecule has 0 aliphatic rings.